The van der Waals surface area contributed by atoms with E-state index in [1.54, 1.807) is 11.3 Å². The van der Waals surface area contributed by atoms with E-state index < -0.39 is 5.60 Å². The molecular formula is C16H26BrN3O2S. The van der Waals surface area contributed by atoms with Gasteiger partial charge in [-0.3, -0.25) is 4.90 Å². The van der Waals surface area contributed by atoms with Gasteiger partial charge >= 0.3 is 6.09 Å². The molecule has 2 rings (SSSR count). The number of halogens is 1. The lowest BCUT2D eigenvalue weighted by Crippen LogP contribution is -2.40. The Balaban J connectivity index is 1.98. The van der Waals surface area contributed by atoms with Gasteiger partial charge in [-0.1, -0.05) is 0 Å². The van der Waals surface area contributed by atoms with Crippen molar-refractivity contribution >= 4 is 33.4 Å². The van der Waals surface area contributed by atoms with Gasteiger partial charge in [-0.2, -0.15) is 0 Å². The fourth-order valence-corrected chi connectivity index (χ4v) is 4.28. The number of rotatable bonds is 3. The molecule has 1 aromatic rings. The third-order valence-electron chi connectivity index (χ3n) is 3.77. The van der Waals surface area contributed by atoms with Gasteiger partial charge in [0.1, 0.15) is 5.60 Å². The monoisotopic (exact) mass is 403 g/mol. The number of hydrogen-bond acceptors (Lipinski definition) is 5. The summed E-state index contributed by atoms with van der Waals surface area (Å²) in [4.78, 5) is 17.7. The van der Waals surface area contributed by atoms with E-state index in [1.165, 1.54) is 4.88 Å². The lowest BCUT2D eigenvalue weighted by molar-refractivity contribution is 0.0255. The Kier molecular flexibility index (Phi) is 6.48. The topological polar surface area (TPSA) is 58.8 Å². The molecule has 0 aliphatic carbocycles. The molecule has 1 amide bonds. The van der Waals surface area contributed by atoms with Crippen LogP contribution in [0.4, 0.5) is 4.79 Å². The number of nitrogens with zero attached hydrogens (tertiary/aromatic N) is 2. The maximum absolute atomic E-state index is 12.2. The molecule has 130 valence electrons. The van der Waals surface area contributed by atoms with Crippen molar-refractivity contribution in [3.8, 4) is 0 Å². The summed E-state index contributed by atoms with van der Waals surface area (Å²) >= 11 is 5.24. The molecule has 0 aromatic carbocycles. The zero-order valence-corrected chi connectivity index (χ0v) is 16.5. The van der Waals surface area contributed by atoms with E-state index in [1.807, 2.05) is 25.7 Å². The third-order valence-corrected chi connectivity index (χ3v) is 5.49. The summed E-state index contributed by atoms with van der Waals surface area (Å²) < 4.78 is 6.60. The standard InChI is InChI=1S/C16H26BrN3O2S/c1-16(2,3)22-15(21)20-8-4-7-19(9-10-20)12(11-18)13-5-6-14(17)23-13/h5-6,12H,4,7-11,18H2,1-3H3. The molecule has 0 spiro atoms. The molecule has 2 heterocycles. The summed E-state index contributed by atoms with van der Waals surface area (Å²) in [5.41, 5.74) is 5.57. The van der Waals surface area contributed by atoms with Gasteiger partial charge in [0.05, 0.1) is 9.83 Å². The van der Waals surface area contributed by atoms with E-state index in [0.29, 0.717) is 13.1 Å². The van der Waals surface area contributed by atoms with E-state index in [9.17, 15) is 4.79 Å². The fraction of sp³-hybridized carbons (Fsp3) is 0.688. The van der Waals surface area contributed by atoms with Crippen LogP contribution < -0.4 is 5.73 Å². The first-order chi connectivity index (χ1) is 10.8. The predicted octanol–water partition coefficient (Wildman–Crippen LogP) is 3.45. The van der Waals surface area contributed by atoms with Crippen LogP contribution in [0.2, 0.25) is 0 Å². The van der Waals surface area contributed by atoms with Gasteiger partial charge in [-0.25, -0.2) is 4.79 Å². The number of carbonyl (C=O) groups excluding carboxylic acids is 1. The van der Waals surface area contributed by atoms with Crippen molar-refractivity contribution in [1.29, 1.82) is 0 Å². The highest BCUT2D eigenvalue weighted by atomic mass is 79.9. The second-order valence-electron chi connectivity index (χ2n) is 6.75. The van der Waals surface area contributed by atoms with Crippen LogP contribution in [-0.2, 0) is 4.74 Å². The molecular weight excluding hydrogens is 378 g/mol. The molecule has 23 heavy (non-hydrogen) atoms. The molecule has 1 unspecified atom stereocenters. The minimum atomic E-state index is -0.452. The van der Waals surface area contributed by atoms with Crippen molar-refractivity contribution in [2.75, 3.05) is 32.7 Å². The summed E-state index contributed by atoms with van der Waals surface area (Å²) in [6, 6.07) is 4.40. The Morgan fingerprint density at radius 1 is 1.35 bits per heavy atom. The summed E-state index contributed by atoms with van der Waals surface area (Å²) in [7, 11) is 0. The van der Waals surface area contributed by atoms with Gasteiger partial charge in [0.25, 0.3) is 0 Å². The Labute approximate surface area is 150 Å². The summed E-state index contributed by atoms with van der Waals surface area (Å²) in [5, 5.41) is 0. The Hall–Kier alpha value is -0.630. The first kappa shape index (κ1) is 18.7. The average molecular weight is 404 g/mol. The maximum Gasteiger partial charge on any atom is 0.410 e. The normalized spacial score (nSPS) is 18.6. The van der Waals surface area contributed by atoms with Crippen LogP contribution in [0.1, 0.15) is 38.1 Å². The maximum atomic E-state index is 12.2. The molecule has 5 nitrogen and oxygen atoms in total. The van der Waals surface area contributed by atoms with Crippen LogP contribution >= 0.6 is 27.3 Å². The minimum Gasteiger partial charge on any atom is -0.444 e. The van der Waals surface area contributed by atoms with E-state index in [0.717, 1.165) is 29.8 Å². The first-order valence-electron chi connectivity index (χ1n) is 7.97. The van der Waals surface area contributed by atoms with Crippen molar-refractivity contribution in [3.63, 3.8) is 0 Å². The Morgan fingerprint density at radius 3 is 2.65 bits per heavy atom. The zero-order chi connectivity index (χ0) is 17.0. The predicted molar refractivity (Wildman–Crippen MR) is 97.8 cm³/mol. The molecule has 1 fully saturated rings. The van der Waals surface area contributed by atoms with Gasteiger partial charge in [0.2, 0.25) is 0 Å². The van der Waals surface area contributed by atoms with E-state index >= 15 is 0 Å². The number of hydrogen-bond donors (Lipinski definition) is 1. The van der Waals surface area contributed by atoms with Crippen molar-refractivity contribution < 1.29 is 9.53 Å². The highest BCUT2D eigenvalue weighted by Crippen LogP contribution is 2.30. The van der Waals surface area contributed by atoms with Crippen molar-refractivity contribution in [3.05, 3.63) is 20.8 Å². The highest BCUT2D eigenvalue weighted by molar-refractivity contribution is 9.11. The van der Waals surface area contributed by atoms with Gasteiger partial charge in [-0.15, -0.1) is 11.3 Å². The quantitative estimate of drug-likeness (QED) is 0.839. The molecule has 0 saturated carbocycles. The average Bonchev–Trinajstić information content (AvgIpc) is 2.73. The van der Waals surface area contributed by atoms with Crippen LogP contribution in [0.3, 0.4) is 0 Å². The third kappa shape index (κ3) is 5.45. The van der Waals surface area contributed by atoms with Gasteiger partial charge < -0.3 is 15.4 Å². The van der Waals surface area contributed by atoms with Crippen LogP contribution in [0.25, 0.3) is 0 Å². The number of carbonyl (C=O) groups is 1. The zero-order valence-electron chi connectivity index (χ0n) is 14.0. The molecule has 7 heteroatoms. The van der Waals surface area contributed by atoms with Crippen molar-refractivity contribution in [1.82, 2.24) is 9.80 Å². The summed E-state index contributed by atoms with van der Waals surface area (Å²) in [6.07, 6.45) is 0.713. The van der Waals surface area contributed by atoms with Crippen LogP contribution in [0, 0.1) is 0 Å². The minimum absolute atomic E-state index is 0.213. The highest BCUT2D eigenvalue weighted by Gasteiger charge is 2.27. The molecule has 1 saturated heterocycles. The number of amides is 1. The molecule has 0 radical (unpaired) electrons. The summed E-state index contributed by atoms with van der Waals surface area (Å²) in [6.45, 7) is 9.44. The lowest BCUT2D eigenvalue weighted by Gasteiger charge is -2.29. The first-order valence-corrected chi connectivity index (χ1v) is 9.58. The largest absolute Gasteiger partial charge is 0.444 e. The van der Waals surface area contributed by atoms with Crippen LogP contribution in [-0.4, -0.2) is 54.2 Å². The lowest BCUT2D eigenvalue weighted by atomic mass is 10.2. The van der Waals surface area contributed by atoms with Gasteiger partial charge in [0, 0.05) is 37.6 Å². The Morgan fingerprint density at radius 2 is 2.09 bits per heavy atom. The Bertz CT molecular complexity index is 530. The van der Waals surface area contributed by atoms with Crippen LogP contribution in [0.5, 0.6) is 0 Å². The fourth-order valence-electron chi connectivity index (χ4n) is 2.71. The van der Waals surface area contributed by atoms with E-state index in [4.69, 9.17) is 10.5 Å². The molecule has 0 bridgehead atoms. The molecule has 1 atom stereocenters. The smallest absolute Gasteiger partial charge is 0.410 e. The van der Waals surface area contributed by atoms with Gasteiger partial charge in [0.15, 0.2) is 0 Å². The van der Waals surface area contributed by atoms with Crippen LogP contribution in [0.15, 0.2) is 15.9 Å². The second-order valence-corrected chi connectivity index (χ2v) is 9.24. The second kappa shape index (κ2) is 7.96. The van der Waals surface area contributed by atoms with Gasteiger partial charge in [-0.05, 0) is 55.3 Å². The molecule has 1 aliphatic rings. The summed E-state index contributed by atoms with van der Waals surface area (Å²) in [5.74, 6) is 0. The van der Waals surface area contributed by atoms with Crippen molar-refractivity contribution in [2.24, 2.45) is 5.73 Å². The number of nitrogens with two attached hydrogens (primary N) is 1. The molecule has 1 aromatic heterocycles. The number of ether oxygens (including phenoxy) is 1. The van der Waals surface area contributed by atoms with E-state index in [-0.39, 0.29) is 12.1 Å². The SMILES string of the molecule is CC(C)(C)OC(=O)N1CCCN(C(CN)c2ccc(Br)s2)CC1. The van der Waals surface area contributed by atoms with E-state index in [2.05, 4.69) is 33.0 Å². The molecule has 1 aliphatic heterocycles. The number of thiophene rings is 1. The van der Waals surface area contributed by atoms with Crippen molar-refractivity contribution in [2.45, 2.75) is 38.8 Å². The molecule has 2 N–H and O–H groups in total.